The Hall–Kier alpha value is -2.56. The van der Waals surface area contributed by atoms with Crippen molar-refractivity contribution in [3.63, 3.8) is 0 Å². The van der Waals surface area contributed by atoms with E-state index >= 15 is 0 Å². The van der Waals surface area contributed by atoms with E-state index in [0.29, 0.717) is 25.1 Å². The molecule has 1 aromatic carbocycles. The average Bonchev–Trinajstić information content (AvgIpc) is 2.60. The molecule has 11 heteroatoms. The van der Waals surface area contributed by atoms with Crippen molar-refractivity contribution >= 4 is 5.82 Å². The lowest BCUT2D eigenvalue weighted by atomic mass is 9.99. The summed E-state index contributed by atoms with van der Waals surface area (Å²) in [5.74, 6) is -1.27. The minimum atomic E-state index is -4.77. The summed E-state index contributed by atoms with van der Waals surface area (Å²) >= 11 is 0. The van der Waals surface area contributed by atoms with Crippen LogP contribution >= 0.6 is 0 Å². The number of halogens is 6. The van der Waals surface area contributed by atoms with E-state index in [9.17, 15) is 31.4 Å². The first-order valence-corrected chi connectivity index (χ1v) is 9.17. The van der Waals surface area contributed by atoms with Gasteiger partial charge in [-0.15, -0.1) is 10.2 Å². The van der Waals surface area contributed by atoms with Crippen molar-refractivity contribution in [2.45, 2.75) is 38.2 Å². The van der Waals surface area contributed by atoms with E-state index in [1.54, 1.807) is 0 Å². The maximum Gasteiger partial charge on any atom is 0.420 e. The predicted octanol–water partition coefficient (Wildman–Crippen LogP) is 4.70. The van der Waals surface area contributed by atoms with Gasteiger partial charge in [0.2, 0.25) is 0 Å². The number of rotatable bonds is 3. The summed E-state index contributed by atoms with van der Waals surface area (Å²) in [5.41, 5.74) is -2.87. The smallest absolute Gasteiger partial charge is 0.420 e. The van der Waals surface area contributed by atoms with E-state index in [2.05, 4.69) is 15.5 Å². The number of likely N-dealkylation sites (N-methyl/N-ethyl adjacent to an activating group) is 1. The van der Waals surface area contributed by atoms with Crippen LogP contribution in [-0.4, -0.2) is 46.4 Å². The molecule has 0 amide bonds. The number of nitrogens with zero attached hydrogens (tertiary/aromatic N) is 3. The number of hydrogen-bond acceptors (Lipinski definition) is 5. The van der Waals surface area contributed by atoms with Gasteiger partial charge in [-0.25, -0.2) is 0 Å². The van der Waals surface area contributed by atoms with Gasteiger partial charge in [-0.05, 0) is 57.1 Å². The topological polar surface area (TPSA) is 61.3 Å². The van der Waals surface area contributed by atoms with Gasteiger partial charge in [0.25, 0.3) is 0 Å². The minimum absolute atomic E-state index is 0.0700. The zero-order chi connectivity index (χ0) is 22.3. The van der Waals surface area contributed by atoms with Crippen molar-refractivity contribution in [2.75, 3.05) is 25.5 Å². The Morgan fingerprint density at radius 3 is 2.33 bits per heavy atom. The third kappa shape index (κ3) is 4.77. The minimum Gasteiger partial charge on any atom is -0.507 e. The molecule has 0 radical (unpaired) electrons. The van der Waals surface area contributed by atoms with Crippen LogP contribution in [0.2, 0.25) is 0 Å². The summed E-state index contributed by atoms with van der Waals surface area (Å²) in [7, 11) is 1.86. The number of aromatic hydroxyl groups is 1. The highest BCUT2D eigenvalue weighted by Crippen LogP contribution is 2.41. The van der Waals surface area contributed by atoms with Crippen LogP contribution < -0.4 is 5.32 Å². The summed E-state index contributed by atoms with van der Waals surface area (Å²) in [5, 5.41) is 20.3. The van der Waals surface area contributed by atoms with Gasteiger partial charge in [-0.3, -0.25) is 0 Å². The molecule has 1 aromatic heterocycles. The number of likely N-dealkylation sites (tertiary alicyclic amines) is 1. The third-order valence-corrected chi connectivity index (χ3v) is 4.96. The highest BCUT2D eigenvalue weighted by molar-refractivity contribution is 5.72. The highest BCUT2D eigenvalue weighted by Gasteiger charge is 2.37. The largest absolute Gasteiger partial charge is 0.507 e. The van der Waals surface area contributed by atoms with Crippen LogP contribution in [0.5, 0.6) is 5.75 Å². The van der Waals surface area contributed by atoms with Crippen LogP contribution in [0, 0.1) is 6.92 Å². The summed E-state index contributed by atoms with van der Waals surface area (Å²) < 4.78 is 79.7. The molecule has 3 rings (SSSR count). The second-order valence-corrected chi connectivity index (χ2v) is 7.42. The fourth-order valence-electron chi connectivity index (χ4n) is 3.58. The second kappa shape index (κ2) is 7.93. The number of piperidine rings is 1. The van der Waals surface area contributed by atoms with E-state index < -0.39 is 35.0 Å². The summed E-state index contributed by atoms with van der Waals surface area (Å²) in [6.07, 6.45) is -7.99. The first kappa shape index (κ1) is 22.1. The number of nitrogens with one attached hydrogen (secondary N) is 1. The zero-order valence-electron chi connectivity index (χ0n) is 16.2. The molecular weight excluding hydrogens is 414 g/mol. The lowest BCUT2D eigenvalue weighted by molar-refractivity contribution is -0.138. The van der Waals surface area contributed by atoms with Crippen molar-refractivity contribution in [1.82, 2.24) is 15.1 Å². The van der Waals surface area contributed by atoms with E-state index in [0.717, 1.165) is 19.0 Å². The van der Waals surface area contributed by atoms with Gasteiger partial charge < -0.3 is 15.3 Å². The van der Waals surface area contributed by atoms with Crippen LogP contribution in [0.1, 0.15) is 29.5 Å². The van der Waals surface area contributed by atoms with E-state index in [1.807, 2.05) is 11.9 Å². The molecule has 0 unspecified atom stereocenters. The quantitative estimate of drug-likeness (QED) is 0.686. The Balaban J connectivity index is 2.02. The first-order chi connectivity index (χ1) is 13.9. The average molecular weight is 434 g/mol. The lowest BCUT2D eigenvalue weighted by Crippen LogP contribution is -2.40. The van der Waals surface area contributed by atoms with Gasteiger partial charge in [0, 0.05) is 18.2 Å². The Bertz CT molecular complexity index is 905. The molecular formula is C19H20F6N4O. The van der Waals surface area contributed by atoms with E-state index in [-0.39, 0.29) is 22.9 Å². The highest BCUT2D eigenvalue weighted by atomic mass is 19.4. The van der Waals surface area contributed by atoms with Crippen molar-refractivity contribution in [3.05, 3.63) is 34.9 Å². The van der Waals surface area contributed by atoms with Crippen LogP contribution in [0.25, 0.3) is 11.3 Å². The number of benzene rings is 1. The monoisotopic (exact) mass is 434 g/mol. The summed E-state index contributed by atoms with van der Waals surface area (Å²) in [4.78, 5) is 1.99. The first-order valence-electron chi connectivity index (χ1n) is 9.17. The van der Waals surface area contributed by atoms with Gasteiger partial charge in [0.05, 0.1) is 11.3 Å². The number of phenols is 1. The standard InChI is InChI=1S/C19H20F6N4O/c1-10-6-11(18(20,21)22)7-15(30)16(10)14-8-13(19(23,24)25)17(28-27-14)26-12-4-3-5-29(2)9-12/h6-8,12,30H,3-5,9H2,1-2H3,(H,26,28)/t12-/m1/s1. The van der Waals surface area contributed by atoms with Crippen LogP contribution in [-0.2, 0) is 12.4 Å². The van der Waals surface area contributed by atoms with Crippen molar-refractivity contribution in [2.24, 2.45) is 0 Å². The molecule has 0 saturated carbocycles. The number of phenolic OH excluding ortho intramolecular Hbond substituents is 1. The summed E-state index contributed by atoms with van der Waals surface area (Å²) in [6, 6.07) is 1.65. The SMILES string of the molecule is Cc1cc(C(F)(F)F)cc(O)c1-c1cc(C(F)(F)F)c(N[C@@H]2CCCN(C)C2)nn1. The molecule has 1 atom stereocenters. The molecule has 1 saturated heterocycles. The molecule has 1 fully saturated rings. The van der Waals surface area contributed by atoms with Gasteiger partial charge in [0.15, 0.2) is 5.82 Å². The normalized spacial score (nSPS) is 18.5. The Kier molecular flexibility index (Phi) is 5.85. The molecule has 1 aliphatic heterocycles. The number of aryl methyl sites for hydroxylation is 1. The molecule has 2 N–H and O–H groups in total. The van der Waals surface area contributed by atoms with Gasteiger partial charge in [0.1, 0.15) is 11.3 Å². The van der Waals surface area contributed by atoms with Crippen molar-refractivity contribution < 1.29 is 31.4 Å². The molecule has 0 spiro atoms. The van der Waals surface area contributed by atoms with Crippen LogP contribution in [0.3, 0.4) is 0 Å². The number of alkyl halides is 6. The maximum absolute atomic E-state index is 13.7. The molecule has 0 bridgehead atoms. The Labute approximate surface area is 168 Å². The molecule has 5 nitrogen and oxygen atoms in total. The molecule has 164 valence electrons. The van der Waals surface area contributed by atoms with Gasteiger partial charge in [-0.1, -0.05) is 0 Å². The van der Waals surface area contributed by atoms with E-state index in [4.69, 9.17) is 0 Å². The zero-order valence-corrected chi connectivity index (χ0v) is 16.2. The molecule has 2 heterocycles. The molecule has 2 aromatic rings. The van der Waals surface area contributed by atoms with Gasteiger partial charge >= 0.3 is 12.4 Å². The summed E-state index contributed by atoms with van der Waals surface area (Å²) in [6.45, 7) is 2.64. The van der Waals surface area contributed by atoms with Crippen molar-refractivity contribution in [1.29, 1.82) is 0 Å². The fourth-order valence-corrected chi connectivity index (χ4v) is 3.58. The van der Waals surface area contributed by atoms with Crippen LogP contribution in [0.15, 0.2) is 18.2 Å². The molecule has 30 heavy (non-hydrogen) atoms. The van der Waals surface area contributed by atoms with E-state index in [1.165, 1.54) is 6.92 Å². The predicted molar refractivity (Wildman–Crippen MR) is 98.0 cm³/mol. The number of aromatic nitrogens is 2. The molecule has 0 aliphatic carbocycles. The Morgan fingerprint density at radius 1 is 1.07 bits per heavy atom. The van der Waals surface area contributed by atoms with Crippen LogP contribution in [0.4, 0.5) is 32.2 Å². The fraction of sp³-hybridized carbons (Fsp3) is 0.474. The van der Waals surface area contributed by atoms with Crippen molar-refractivity contribution in [3.8, 4) is 17.0 Å². The number of hydrogen-bond donors (Lipinski definition) is 2. The van der Waals surface area contributed by atoms with Gasteiger partial charge in [-0.2, -0.15) is 26.3 Å². The second-order valence-electron chi connectivity index (χ2n) is 7.42. The lowest BCUT2D eigenvalue weighted by Gasteiger charge is -2.31. The third-order valence-electron chi connectivity index (χ3n) is 4.96. The Morgan fingerprint density at radius 2 is 1.77 bits per heavy atom. The molecule has 1 aliphatic rings. The maximum atomic E-state index is 13.7. The number of anilines is 1.